The third-order valence-electron chi connectivity index (χ3n) is 5.07. The maximum atomic E-state index is 12.8. The first-order chi connectivity index (χ1) is 13.5. The van der Waals surface area contributed by atoms with E-state index in [4.69, 9.17) is 4.74 Å². The Balaban J connectivity index is 1.52. The number of imidazole rings is 1. The minimum absolute atomic E-state index is 0.0743. The SMILES string of the molecule is CN(Cc1ccccc1)C(=O)c1ccc2nc([C@H]3C[C@H](O)[C@@H](CO)O3)[nH]c2c1. The smallest absolute Gasteiger partial charge is 0.253 e. The maximum absolute atomic E-state index is 12.8. The van der Waals surface area contributed by atoms with Crippen LogP contribution in [0.15, 0.2) is 48.5 Å². The summed E-state index contributed by atoms with van der Waals surface area (Å²) >= 11 is 0. The van der Waals surface area contributed by atoms with E-state index < -0.39 is 18.3 Å². The van der Waals surface area contributed by atoms with Crippen molar-refractivity contribution in [2.75, 3.05) is 13.7 Å². The zero-order valence-electron chi connectivity index (χ0n) is 15.6. The number of aliphatic hydroxyl groups excluding tert-OH is 2. The van der Waals surface area contributed by atoms with Gasteiger partial charge in [-0.1, -0.05) is 30.3 Å². The van der Waals surface area contributed by atoms with Crippen LogP contribution >= 0.6 is 0 Å². The molecule has 1 aromatic heterocycles. The average molecular weight is 381 g/mol. The summed E-state index contributed by atoms with van der Waals surface area (Å²) in [5.41, 5.74) is 3.10. The van der Waals surface area contributed by atoms with Gasteiger partial charge in [0, 0.05) is 25.6 Å². The molecule has 28 heavy (non-hydrogen) atoms. The van der Waals surface area contributed by atoms with E-state index in [9.17, 15) is 15.0 Å². The van der Waals surface area contributed by atoms with Gasteiger partial charge in [0.2, 0.25) is 0 Å². The summed E-state index contributed by atoms with van der Waals surface area (Å²) < 4.78 is 5.65. The van der Waals surface area contributed by atoms with E-state index in [1.54, 1.807) is 30.1 Å². The zero-order chi connectivity index (χ0) is 19.7. The van der Waals surface area contributed by atoms with Crippen LogP contribution in [0.3, 0.4) is 0 Å². The van der Waals surface area contributed by atoms with Crippen molar-refractivity contribution in [1.29, 1.82) is 0 Å². The molecule has 1 fully saturated rings. The molecule has 0 aliphatic carbocycles. The van der Waals surface area contributed by atoms with Gasteiger partial charge in [0.05, 0.1) is 23.7 Å². The van der Waals surface area contributed by atoms with Crippen molar-refractivity contribution >= 4 is 16.9 Å². The lowest BCUT2D eigenvalue weighted by molar-refractivity contribution is -0.0244. The number of nitrogens with zero attached hydrogens (tertiary/aromatic N) is 2. The summed E-state index contributed by atoms with van der Waals surface area (Å²) in [5.74, 6) is 0.516. The lowest BCUT2D eigenvalue weighted by Crippen LogP contribution is -2.26. The molecule has 1 amide bonds. The van der Waals surface area contributed by atoms with Gasteiger partial charge in [-0.25, -0.2) is 4.98 Å². The number of carbonyl (C=O) groups excluding carboxylic acids is 1. The van der Waals surface area contributed by atoms with Gasteiger partial charge in [-0.2, -0.15) is 0 Å². The Morgan fingerprint density at radius 2 is 2.07 bits per heavy atom. The second-order valence-corrected chi connectivity index (χ2v) is 7.15. The molecule has 1 aliphatic heterocycles. The Kier molecular flexibility index (Phi) is 5.13. The molecule has 0 radical (unpaired) electrons. The number of ether oxygens (including phenoxy) is 1. The Morgan fingerprint density at radius 1 is 1.29 bits per heavy atom. The molecule has 4 rings (SSSR count). The third kappa shape index (κ3) is 3.64. The number of aliphatic hydroxyl groups is 2. The minimum atomic E-state index is -0.716. The fourth-order valence-corrected chi connectivity index (χ4v) is 3.53. The fraction of sp³-hybridized carbons (Fsp3) is 0.333. The summed E-state index contributed by atoms with van der Waals surface area (Å²) in [6, 6.07) is 15.2. The molecule has 3 aromatic rings. The summed E-state index contributed by atoms with van der Waals surface area (Å²) in [5, 5.41) is 19.2. The molecule has 3 atom stereocenters. The Morgan fingerprint density at radius 3 is 2.79 bits per heavy atom. The first-order valence-electron chi connectivity index (χ1n) is 9.28. The average Bonchev–Trinajstić information content (AvgIpc) is 3.30. The van der Waals surface area contributed by atoms with Crippen molar-refractivity contribution in [2.45, 2.75) is 31.3 Å². The largest absolute Gasteiger partial charge is 0.394 e. The van der Waals surface area contributed by atoms with Crippen molar-refractivity contribution < 1.29 is 19.7 Å². The number of carbonyl (C=O) groups is 1. The molecule has 1 saturated heterocycles. The summed E-state index contributed by atoms with van der Waals surface area (Å²) in [6.45, 7) is 0.298. The summed E-state index contributed by atoms with van der Waals surface area (Å²) in [6.07, 6.45) is -1.34. The molecule has 0 spiro atoms. The van der Waals surface area contributed by atoms with Gasteiger partial charge in [0.25, 0.3) is 5.91 Å². The Hall–Kier alpha value is -2.74. The third-order valence-corrected chi connectivity index (χ3v) is 5.07. The number of benzene rings is 2. The van der Waals surface area contributed by atoms with Crippen LogP contribution in [0.2, 0.25) is 0 Å². The first kappa shape index (κ1) is 18.6. The number of aromatic amines is 1. The highest BCUT2D eigenvalue weighted by molar-refractivity contribution is 5.97. The molecule has 3 N–H and O–H groups in total. The second-order valence-electron chi connectivity index (χ2n) is 7.15. The van der Waals surface area contributed by atoms with Gasteiger partial charge in [0.15, 0.2) is 0 Å². The van der Waals surface area contributed by atoms with Gasteiger partial charge in [-0.3, -0.25) is 4.79 Å². The van der Waals surface area contributed by atoms with Gasteiger partial charge in [0.1, 0.15) is 18.0 Å². The number of aromatic nitrogens is 2. The molecule has 0 bridgehead atoms. The van der Waals surface area contributed by atoms with Crippen LogP contribution in [0, 0.1) is 0 Å². The van der Waals surface area contributed by atoms with Crippen LogP contribution in [0.5, 0.6) is 0 Å². The second kappa shape index (κ2) is 7.71. The van der Waals surface area contributed by atoms with Gasteiger partial charge >= 0.3 is 0 Å². The van der Waals surface area contributed by atoms with Crippen molar-refractivity contribution in [3.05, 3.63) is 65.5 Å². The molecule has 0 unspecified atom stereocenters. The number of fused-ring (bicyclic) bond motifs is 1. The van der Waals surface area contributed by atoms with Crippen molar-refractivity contribution in [3.8, 4) is 0 Å². The fourth-order valence-electron chi connectivity index (χ4n) is 3.53. The van der Waals surface area contributed by atoms with Crippen LogP contribution < -0.4 is 0 Å². The predicted octanol–water partition coefficient (Wildman–Crippen LogP) is 2.02. The number of hydrogen-bond acceptors (Lipinski definition) is 5. The number of amides is 1. The number of rotatable bonds is 5. The monoisotopic (exact) mass is 381 g/mol. The van der Waals surface area contributed by atoms with E-state index in [1.165, 1.54) is 0 Å². The summed E-state index contributed by atoms with van der Waals surface area (Å²) in [4.78, 5) is 22.2. The van der Waals surface area contributed by atoms with E-state index in [0.717, 1.165) is 16.6 Å². The van der Waals surface area contributed by atoms with Crippen LogP contribution in [0.4, 0.5) is 0 Å². The first-order valence-corrected chi connectivity index (χ1v) is 9.28. The molecule has 7 heteroatoms. The van der Waals surface area contributed by atoms with Gasteiger partial charge < -0.3 is 24.8 Å². The molecule has 146 valence electrons. The normalized spacial score (nSPS) is 21.9. The maximum Gasteiger partial charge on any atom is 0.253 e. The number of H-pyrrole nitrogens is 1. The molecular weight excluding hydrogens is 358 g/mol. The van der Waals surface area contributed by atoms with Crippen LogP contribution in [0.1, 0.15) is 34.3 Å². The van der Waals surface area contributed by atoms with Crippen molar-refractivity contribution in [3.63, 3.8) is 0 Å². The molecule has 2 heterocycles. The van der Waals surface area contributed by atoms with Crippen LogP contribution in [-0.2, 0) is 11.3 Å². The van der Waals surface area contributed by atoms with E-state index in [-0.39, 0.29) is 12.5 Å². The predicted molar refractivity (Wildman–Crippen MR) is 104 cm³/mol. The van der Waals surface area contributed by atoms with Gasteiger partial charge in [-0.15, -0.1) is 0 Å². The molecule has 2 aromatic carbocycles. The van der Waals surface area contributed by atoms with Crippen LogP contribution in [-0.4, -0.2) is 56.9 Å². The van der Waals surface area contributed by atoms with E-state index >= 15 is 0 Å². The van der Waals surface area contributed by atoms with E-state index in [0.29, 0.717) is 24.4 Å². The quantitative estimate of drug-likeness (QED) is 0.628. The van der Waals surface area contributed by atoms with Crippen LogP contribution in [0.25, 0.3) is 11.0 Å². The number of nitrogens with one attached hydrogen (secondary N) is 1. The topological polar surface area (TPSA) is 98.7 Å². The lowest BCUT2D eigenvalue weighted by atomic mass is 10.1. The highest BCUT2D eigenvalue weighted by Gasteiger charge is 2.35. The molecule has 7 nitrogen and oxygen atoms in total. The highest BCUT2D eigenvalue weighted by atomic mass is 16.5. The summed E-state index contributed by atoms with van der Waals surface area (Å²) in [7, 11) is 1.78. The van der Waals surface area contributed by atoms with E-state index in [1.807, 2.05) is 30.3 Å². The Bertz CT molecular complexity index is 972. The lowest BCUT2D eigenvalue weighted by Gasteiger charge is -2.17. The number of hydrogen-bond donors (Lipinski definition) is 3. The van der Waals surface area contributed by atoms with Gasteiger partial charge in [-0.05, 0) is 23.8 Å². The molecule has 0 saturated carbocycles. The van der Waals surface area contributed by atoms with E-state index in [2.05, 4.69) is 9.97 Å². The minimum Gasteiger partial charge on any atom is -0.394 e. The zero-order valence-corrected chi connectivity index (χ0v) is 15.6. The van der Waals surface area contributed by atoms with Crippen molar-refractivity contribution in [2.24, 2.45) is 0 Å². The molecular formula is C21H23N3O4. The highest BCUT2D eigenvalue weighted by Crippen LogP contribution is 2.32. The van der Waals surface area contributed by atoms with Crippen molar-refractivity contribution in [1.82, 2.24) is 14.9 Å². The Labute approximate surface area is 162 Å². The standard InChI is InChI=1S/C21H23N3O4/c1-24(11-13-5-3-2-4-6-13)21(27)14-7-8-15-16(9-14)23-20(22-15)18-10-17(26)19(12-25)28-18/h2-9,17-19,25-26H,10-12H2,1H3,(H,22,23)/t17-,18+,19+/m0/s1. The molecule has 1 aliphatic rings.